The molecule has 0 saturated carbocycles. The van der Waals surface area contributed by atoms with Crippen LogP contribution in [0.4, 0.5) is 0 Å². The molecular weight excluding hydrogens is 400 g/mol. The van der Waals surface area contributed by atoms with Gasteiger partial charge in [-0.05, 0) is 45.0 Å². The standard InChI is InChI=1S/C19H25BrN2O4/c1-19(2,3)22-17(23)12-26-18-14(15(20)7-8-16(18)24-4)11-21-10-13-6-5-9-25-13/h5-9,21H,10-12H2,1-4H3,(H,22,23). The lowest BCUT2D eigenvalue weighted by molar-refractivity contribution is -0.124. The van der Waals surface area contributed by atoms with Crippen molar-refractivity contribution >= 4 is 21.8 Å². The van der Waals surface area contributed by atoms with Crippen LogP contribution in [0.2, 0.25) is 0 Å². The zero-order chi connectivity index (χ0) is 19.2. The number of hydrogen-bond donors (Lipinski definition) is 2. The van der Waals surface area contributed by atoms with E-state index in [0.717, 1.165) is 15.8 Å². The van der Waals surface area contributed by atoms with E-state index >= 15 is 0 Å². The third-order valence-electron chi connectivity index (χ3n) is 3.43. The van der Waals surface area contributed by atoms with E-state index in [1.54, 1.807) is 19.4 Å². The number of hydrogen-bond acceptors (Lipinski definition) is 5. The SMILES string of the molecule is COc1ccc(Br)c(CNCc2ccco2)c1OCC(=O)NC(C)(C)C. The van der Waals surface area contributed by atoms with Crippen LogP contribution < -0.4 is 20.1 Å². The van der Waals surface area contributed by atoms with Crippen molar-refractivity contribution in [1.82, 2.24) is 10.6 Å². The van der Waals surface area contributed by atoms with Gasteiger partial charge >= 0.3 is 0 Å². The summed E-state index contributed by atoms with van der Waals surface area (Å²) in [6.07, 6.45) is 1.64. The smallest absolute Gasteiger partial charge is 0.258 e. The van der Waals surface area contributed by atoms with E-state index in [1.807, 2.05) is 39.0 Å². The number of amides is 1. The molecular formula is C19H25BrN2O4. The summed E-state index contributed by atoms with van der Waals surface area (Å²) in [5.74, 6) is 1.77. The molecule has 0 unspecified atom stereocenters. The fourth-order valence-corrected chi connectivity index (χ4v) is 2.83. The Labute approximate surface area is 162 Å². The minimum absolute atomic E-state index is 0.0880. The summed E-state index contributed by atoms with van der Waals surface area (Å²) in [7, 11) is 1.57. The Balaban J connectivity index is 2.09. The van der Waals surface area contributed by atoms with E-state index in [9.17, 15) is 4.79 Å². The molecule has 0 aliphatic heterocycles. The molecule has 6 nitrogen and oxygen atoms in total. The third kappa shape index (κ3) is 6.07. The van der Waals surface area contributed by atoms with Gasteiger partial charge in [-0.25, -0.2) is 0 Å². The topological polar surface area (TPSA) is 72.7 Å². The summed E-state index contributed by atoms with van der Waals surface area (Å²) in [4.78, 5) is 12.1. The maximum Gasteiger partial charge on any atom is 0.258 e. The molecule has 0 aliphatic rings. The van der Waals surface area contributed by atoms with Gasteiger partial charge in [-0.3, -0.25) is 4.79 Å². The number of halogens is 1. The first-order valence-electron chi connectivity index (χ1n) is 8.32. The van der Waals surface area contributed by atoms with Gasteiger partial charge in [0.25, 0.3) is 5.91 Å². The summed E-state index contributed by atoms with van der Waals surface area (Å²) in [5.41, 5.74) is 0.564. The Hall–Kier alpha value is -1.99. The van der Waals surface area contributed by atoms with E-state index in [-0.39, 0.29) is 18.1 Å². The number of benzene rings is 1. The number of carbonyl (C=O) groups excluding carboxylic acids is 1. The fourth-order valence-electron chi connectivity index (χ4n) is 2.38. The van der Waals surface area contributed by atoms with Crippen molar-refractivity contribution in [3.8, 4) is 11.5 Å². The fraction of sp³-hybridized carbons (Fsp3) is 0.421. The lowest BCUT2D eigenvalue weighted by atomic mass is 10.1. The van der Waals surface area contributed by atoms with Gasteiger partial charge in [-0.2, -0.15) is 0 Å². The molecule has 0 aliphatic carbocycles. The quantitative estimate of drug-likeness (QED) is 0.676. The van der Waals surface area contributed by atoms with Crippen LogP contribution in [-0.2, 0) is 17.9 Å². The van der Waals surface area contributed by atoms with E-state index in [0.29, 0.717) is 24.6 Å². The lowest BCUT2D eigenvalue weighted by Crippen LogP contribution is -2.43. The highest BCUT2D eigenvalue weighted by atomic mass is 79.9. The number of furan rings is 1. The normalized spacial score (nSPS) is 11.3. The van der Waals surface area contributed by atoms with Gasteiger partial charge in [0.1, 0.15) is 5.76 Å². The van der Waals surface area contributed by atoms with Crippen molar-refractivity contribution in [2.24, 2.45) is 0 Å². The zero-order valence-electron chi connectivity index (χ0n) is 15.5. The minimum Gasteiger partial charge on any atom is -0.493 e. The van der Waals surface area contributed by atoms with Gasteiger partial charge in [0, 0.05) is 22.1 Å². The monoisotopic (exact) mass is 424 g/mol. The Morgan fingerprint density at radius 2 is 2.00 bits per heavy atom. The minimum atomic E-state index is -0.310. The molecule has 26 heavy (non-hydrogen) atoms. The predicted octanol–water partition coefficient (Wildman–Crippen LogP) is 3.63. The van der Waals surface area contributed by atoms with Gasteiger partial charge in [-0.15, -0.1) is 0 Å². The van der Waals surface area contributed by atoms with Crippen LogP contribution in [0.25, 0.3) is 0 Å². The zero-order valence-corrected chi connectivity index (χ0v) is 17.1. The predicted molar refractivity (Wildman–Crippen MR) is 103 cm³/mol. The molecule has 7 heteroatoms. The second-order valence-electron chi connectivity index (χ2n) is 6.83. The summed E-state index contributed by atoms with van der Waals surface area (Å²) in [6.45, 7) is 6.79. The number of ether oxygens (including phenoxy) is 2. The summed E-state index contributed by atoms with van der Waals surface area (Å²) < 4.78 is 17.4. The van der Waals surface area contributed by atoms with E-state index in [4.69, 9.17) is 13.9 Å². The van der Waals surface area contributed by atoms with E-state index < -0.39 is 0 Å². The van der Waals surface area contributed by atoms with Crippen molar-refractivity contribution in [2.45, 2.75) is 39.4 Å². The van der Waals surface area contributed by atoms with Gasteiger partial charge in [-0.1, -0.05) is 15.9 Å². The van der Waals surface area contributed by atoms with Crippen molar-refractivity contribution in [1.29, 1.82) is 0 Å². The first-order chi connectivity index (χ1) is 12.3. The van der Waals surface area contributed by atoms with Crippen LogP contribution >= 0.6 is 15.9 Å². The molecule has 1 aromatic heterocycles. The maximum atomic E-state index is 12.1. The first kappa shape index (κ1) is 20.3. The average molecular weight is 425 g/mol. The molecule has 0 radical (unpaired) electrons. The lowest BCUT2D eigenvalue weighted by Gasteiger charge is -2.21. The van der Waals surface area contributed by atoms with Gasteiger partial charge in [0.2, 0.25) is 0 Å². The van der Waals surface area contributed by atoms with Crippen molar-refractivity contribution < 1.29 is 18.7 Å². The molecule has 1 amide bonds. The van der Waals surface area contributed by atoms with Crippen molar-refractivity contribution in [3.63, 3.8) is 0 Å². The van der Waals surface area contributed by atoms with Crippen LogP contribution in [0.15, 0.2) is 39.4 Å². The summed E-state index contributed by atoms with van der Waals surface area (Å²) in [6, 6.07) is 7.45. The maximum absolute atomic E-state index is 12.1. The number of nitrogens with one attached hydrogen (secondary N) is 2. The molecule has 2 N–H and O–H groups in total. The van der Waals surface area contributed by atoms with E-state index in [1.165, 1.54) is 0 Å². The first-order valence-corrected chi connectivity index (χ1v) is 9.11. The number of rotatable bonds is 8. The summed E-state index contributed by atoms with van der Waals surface area (Å²) >= 11 is 3.55. The molecule has 2 rings (SSSR count). The molecule has 142 valence electrons. The number of methoxy groups -OCH3 is 1. The van der Waals surface area contributed by atoms with Crippen LogP contribution in [0, 0.1) is 0 Å². The van der Waals surface area contributed by atoms with Crippen LogP contribution in [-0.4, -0.2) is 25.2 Å². The molecule has 2 aromatic rings. The Kier molecular flexibility index (Phi) is 7.11. The van der Waals surface area contributed by atoms with Gasteiger partial charge in [0.05, 0.1) is 19.9 Å². The highest BCUT2D eigenvalue weighted by Crippen LogP contribution is 2.36. The highest BCUT2D eigenvalue weighted by Gasteiger charge is 2.18. The molecule has 0 saturated heterocycles. The number of carbonyl (C=O) groups is 1. The summed E-state index contributed by atoms with van der Waals surface area (Å²) in [5, 5.41) is 6.18. The molecule has 0 spiro atoms. The second-order valence-corrected chi connectivity index (χ2v) is 7.68. The van der Waals surface area contributed by atoms with Crippen LogP contribution in [0.1, 0.15) is 32.1 Å². The third-order valence-corrected chi connectivity index (χ3v) is 4.17. The molecule has 0 fully saturated rings. The van der Waals surface area contributed by atoms with Gasteiger partial charge in [0.15, 0.2) is 18.1 Å². The largest absolute Gasteiger partial charge is 0.493 e. The Morgan fingerprint density at radius 3 is 2.62 bits per heavy atom. The molecule has 0 bridgehead atoms. The van der Waals surface area contributed by atoms with Crippen molar-refractivity contribution in [3.05, 3.63) is 46.3 Å². The van der Waals surface area contributed by atoms with Gasteiger partial charge < -0.3 is 24.5 Å². The molecule has 1 heterocycles. The molecule has 1 aromatic carbocycles. The van der Waals surface area contributed by atoms with E-state index in [2.05, 4.69) is 26.6 Å². The van der Waals surface area contributed by atoms with Crippen LogP contribution in [0.5, 0.6) is 11.5 Å². The molecule has 0 atom stereocenters. The average Bonchev–Trinajstić information content (AvgIpc) is 3.06. The Morgan fingerprint density at radius 1 is 1.23 bits per heavy atom. The van der Waals surface area contributed by atoms with Crippen molar-refractivity contribution in [2.75, 3.05) is 13.7 Å². The Bertz CT molecular complexity index is 724. The second kappa shape index (κ2) is 9.09. The van der Waals surface area contributed by atoms with Crippen LogP contribution in [0.3, 0.4) is 0 Å². The highest BCUT2D eigenvalue weighted by molar-refractivity contribution is 9.10.